The Balaban J connectivity index is 1.54. The fourth-order valence-corrected chi connectivity index (χ4v) is 3.43. The maximum absolute atomic E-state index is 14.9. The van der Waals surface area contributed by atoms with E-state index in [9.17, 15) is 18.0 Å². The molecular formula is C27H19F3O4. The van der Waals surface area contributed by atoms with Crippen molar-refractivity contribution in [1.29, 1.82) is 0 Å². The number of hydrogen-bond acceptors (Lipinski definition) is 4. The van der Waals surface area contributed by atoms with Crippen molar-refractivity contribution >= 4 is 5.97 Å². The van der Waals surface area contributed by atoms with E-state index in [1.807, 2.05) is 0 Å². The summed E-state index contributed by atoms with van der Waals surface area (Å²) in [6.45, 7) is 0. The fourth-order valence-electron chi connectivity index (χ4n) is 3.43. The van der Waals surface area contributed by atoms with E-state index in [4.69, 9.17) is 14.2 Å². The van der Waals surface area contributed by atoms with Crippen molar-refractivity contribution in [2.45, 2.75) is 0 Å². The topological polar surface area (TPSA) is 44.8 Å². The van der Waals surface area contributed by atoms with Gasteiger partial charge < -0.3 is 14.2 Å². The summed E-state index contributed by atoms with van der Waals surface area (Å²) in [5, 5.41) is 0. The van der Waals surface area contributed by atoms with Gasteiger partial charge in [0.15, 0.2) is 23.2 Å². The second kappa shape index (κ2) is 9.70. The molecule has 0 fully saturated rings. The first-order chi connectivity index (χ1) is 16.4. The van der Waals surface area contributed by atoms with Gasteiger partial charge in [0.1, 0.15) is 11.5 Å². The largest absolute Gasteiger partial charge is 0.497 e. The normalized spacial score (nSPS) is 10.6. The lowest BCUT2D eigenvalue weighted by molar-refractivity contribution is 0.0734. The van der Waals surface area contributed by atoms with Crippen LogP contribution in [0.5, 0.6) is 17.2 Å². The highest BCUT2D eigenvalue weighted by Gasteiger charge is 2.17. The van der Waals surface area contributed by atoms with Gasteiger partial charge in [-0.3, -0.25) is 0 Å². The third-order valence-electron chi connectivity index (χ3n) is 5.25. The predicted molar refractivity (Wildman–Crippen MR) is 122 cm³/mol. The molecule has 34 heavy (non-hydrogen) atoms. The summed E-state index contributed by atoms with van der Waals surface area (Å²) in [5.74, 6) is -2.73. The first kappa shape index (κ1) is 22.9. The molecule has 4 rings (SSSR count). The van der Waals surface area contributed by atoms with E-state index in [1.54, 1.807) is 24.3 Å². The van der Waals surface area contributed by atoms with E-state index in [1.165, 1.54) is 62.8 Å². The van der Waals surface area contributed by atoms with Crippen LogP contribution in [0.1, 0.15) is 10.4 Å². The molecule has 0 spiro atoms. The highest BCUT2D eigenvalue weighted by atomic mass is 19.2. The fraction of sp³-hybridized carbons (Fsp3) is 0.0741. The Morgan fingerprint density at radius 2 is 1.18 bits per heavy atom. The molecule has 0 bridgehead atoms. The zero-order chi connectivity index (χ0) is 24.2. The summed E-state index contributed by atoms with van der Waals surface area (Å²) in [4.78, 5) is 12.4. The van der Waals surface area contributed by atoms with Crippen LogP contribution in [0, 0.1) is 17.5 Å². The molecule has 0 aromatic heterocycles. The van der Waals surface area contributed by atoms with Crippen LogP contribution in [0.3, 0.4) is 0 Å². The number of hydrogen-bond donors (Lipinski definition) is 0. The number of ether oxygens (including phenoxy) is 3. The van der Waals surface area contributed by atoms with E-state index >= 15 is 0 Å². The molecule has 0 heterocycles. The molecule has 0 aliphatic rings. The highest BCUT2D eigenvalue weighted by Crippen LogP contribution is 2.32. The minimum absolute atomic E-state index is 0.00890. The minimum atomic E-state index is -1.00. The predicted octanol–water partition coefficient (Wildman–Crippen LogP) is 6.67. The van der Waals surface area contributed by atoms with Crippen molar-refractivity contribution in [1.82, 2.24) is 0 Å². The summed E-state index contributed by atoms with van der Waals surface area (Å²) in [6, 6.07) is 19.2. The number of rotatable bonds is 6. The second-order valence-electron chi connectivity index (χ2n) is 7.28. The Labute approximate surface area is 194 Å². The molecule has 0 unspecified atom stereocenters. The first-order valence-corrected chi connectivity index (χ1v) is 10.2. The molecule has 7 heteroatoms. The van der Waals surface area contributed by atoms with Crippen molar-refractivity contribution in [3.05, 3.63) is 102 Å². The summed E-state index contributed by atoms with van der Waals surface area (Å²) in [5.41, 5.74) is 1.22. The summed E-state index contributed by atoms with van der Waals surface area (Å²) < 4.78 is 58.6. The molecule has 0 aliphatic heterocycles. The maximum Gasteiger partial charge on any atom is 0.343 e. The summed E-state index contributed by atoms with van der Waals surface area (Å²) in [6.07, 6.45) is 0. The number of benzene rings is 4. The molecule has 4 nitrogen and oxygen atoms in total. The monoisotopic (exact) mass is 464 g/mol. The van der Waals surface area contributed by atoms with Crippen LogP contribution in [-0.4, -0.2) is 20.2 Å². The van der Waals surface area contributed by atoms with Crippen LogP contribution >= 0.6 is 0 Å². The Kier molecular flexibility index (Phi) is 6.54. The van der Waals surface area contributed by atoms with E-state index < -0.39 is 23.4 Å². The Bertz CT molecular complexity index is 1330. The molecule has 4 aromatic rings. The zero-order valence-electron chi connectivity index (χ0n) is 18.3. The standard InChI is InChI=1S/C27H19F3O4/c1-32-19-9-7-17(8-10-19)22-13-12-21(25(29)26(22)30)16-3-5-18(6-4-16)27(31)34-20-11-14-24(33-2)23(28)15-20/h3-15H,1-2H3. The van der Waals surface area contributed by atoms with Crippen LogP contribution in [0.4, 0.5) is 13.2 Å². The smallest absolute Gasteiger partial charge is 0.343 e. The van der Waals surface area contributed by atoms with Gasteiger partial charge in [-0.25, -0.2) is 18.0 Å². The number of esters is 1. The lowest BCUT2D eigenvalue weighted by Crippen LogP contribution is -2.08. The number of carbonyl (C=O) groups excluding carboxylic acids is 1. The third kappa shape index (κ3) is 4.59. The SMILES string of the molecule is COc1ccc(-c2ccc(-c3ccc(C(=O)Oc4ccc(OC)c(F)c4)cc3)c(F)c2F)cc1. The van der Waals surface area contributed by atoms with Gasteiger partial charge >= 0.3 is 5.97 Å². The molecule has 172 valence electrons. The zero-order valence-corrected chi connectivity index (χ0v) is 18.3. The van der Waals surface area contributed by atoms with Gasteiger partial charge in [-0.2, -0.15) is 0 Å². The molecule has 0 atom stereocenters. The van der Waals surface area contributed by atoms with Gasteiger partial charge in [-0.1, -0.05) is 36.4 Å². The third-order valence-corrected chi connectivity index (χ3v) is 5.25. The van der Waals surface area contributed by atoms with Crippen molar-refractivity contribution in [2.75, 3.05) is 14.2 Å². The number of halogens is 3. The van der Waals surface area contributed by atoms with Crippen LogP contribution in [-0.2, 0) is 0 Å². The van der Waals surface area contributed by atoms with Crippen molar-refractivity contribution < 1.29 is 32.2 Å². The molecular weight excluding hydrogens is 445 g/mol. The van der Waals surface area contributed by atoms with Gasteiger partial charge in [0.05, 0.1) is 19.8 Å². The Morgan fingerprint density at radius 1 is 0.647 bits per heavy atom. The van der Waals surface area contributed by atoms with Crippen LogP contribution in [0.15, 0.2) is 78.9 Å². The van der Waals surface area contributed by atoms with Crippen LogP contribution in [0.25, 0.3) is 22.3 Å². The lowest BCUT2D eigenvalue weighted by Gasteiger charge is -2.10. The van der Waals surface area contributed by atoms with E-state index in [0.717, 1.165) is 6.07 Å². The summed E-state index contributed by atoms with van der Waals surface area (Å²) >= 11 is 0. The number of methoxy groups -OCH3 is 2. The Morgan fingerprint density at radius 3 is 1.68 bits per heavy atom. The van der Waals surface area contributed by atoms with Crippen molar-refractivity contribution in [2.24, 2.45) is 0 Å². The molecule has 0 aliphatic carbocycles. The minimum Gasteiger partial charge on any atom is -0.497 e. The van der Waals surface area contributed by atoms with Gasteiger partial charge in [0, 0.05) is 17.2 Å². The van der Waals surface area contributed by atoms with Crippen molar-refractivity contribution in [3.8, 4) is 39.5 Å². The average molecular weight is 464 g/mol. The molecule has 0 N–H and O–H groups in total. The maximum atomic E-state index is 14.9. The summed E-state index contributed by atoms with van der Waals surface area (Å²) in [7, 11) is 2.85. The van der Waals surface area contributed by atoms with Gasteiger partial charge in [0.2, 0.25) is 0 Å². The van der Waals surface area contributed by atoms with E-state index in [2.05, 4.69) is 0 Å². The van der Waals surface area contributed by atoms with Crippen LogP contribution in [0.2, 0.25) is 0 Å². The quantitative estimate of drug-likeness (QED) is 0.236. The molecule has 0 saturated carbocycles. The first-order valence-electron chi connectivity index (χ1n) is 10.2. The highest BCUT2D eigenvalue weighted by molar-refractivity contribution is 5.91. The Hall–Kier alpha value is -4.26. The molecule has 4 aromatic carbocycles. The van der Waals surface area contributed by atoms with Crippen molar-refractivity contribution in [3.63, 3.8) is 0 Å². The van der Waals surface area contributed by atoms with Gasteiger partial charge in [-0.15, -0.1) is 0 Å². The number of carbonyl (C=O) groups is 1. The van der Waals surface area contributed by atoms with Gasteiger partial charge in [-0.05, 0) is 47.5 Å². The molecule has 0 amide bonds. The van der Waals surface area contributed by atoms with E-state index in [-0.39, 0.29) is 28.2 Å². The average Bonchev–Trinajstić information content (AvgIpc) is 2.86. The van der Waals surface area contributed by atoms with E-state index in [0.29, 0.717) is 16.9 Å². The second-order valence-corrected chi connectivity index (χ2v) is 7.28. The molecule has 0 radical (unpaired) electrons. The molecule has 0 saturated heterocycles. The lowest BCUT2D eigenvalue weighted by atomic mass is 9.98. The van der Waals surface area contributed by atoms with Crippen LogP contribution < -0.4 is 14.2 Å². The van der Waals surface area contributed by atoms with Gasteiger partial charge in [0.25, 0.3) is 0 Å².